The largest absolute Gasteiger partial charge is 2.00 e. The number of allylic oxidation sites excluding steroid dienone is 6. The van der Waals surface area contributed by atoms with E-state index in [9.17, 15) is 0 Å². The molecular formula is C40H80O4Si2Ti2. The van der Waals surface area contributed by atoms with Crippen LogP contribution in [0.4, 0.5) is 0 Å². The first kappa shape index (κ1) is 60.7. The Morgan fingerprint density at radius 2 is 0.688 bits per heavy atom. The van der Waals surface area contributed by atoms with Gasteiger partial charge in [-0.1, -0.05) is 104 Å². The fourth-order valence-electron chi connectivity index (χ4n) is 3.85. The average Bonchev–Trinajstić information content (AvgIpc) is 2.82. The van der Waals surface area contributed by atoms with Gasteiger partial charge in [0.2, 0.25) is 0 Å². The summed E-state index contributed by atoms with van der Waals surface area (Å²) in [6.07, 6.45) is 21.6. The molecule has 0 amide bonds. The predicted molar refractivity (Wildman–Crippen MR) is 210 cm³/mol. The van der Waals surface area contributed by atoms with Gasteiger partial charge in [0.25, 0.3) is 0 Å². The van der Waals surface area contributed by atoms with Crippen molar-refractivity contribution in [1.82, 2.24) is 0 Å². The molecule has 280 valence electrons. The summed E-state index contributed by atoms with van der Waals surface area (Å²) in [4.78, 5) is 0. The van der Waals surface area contributed by atoms with E-state index in [2.05, 4.69) is 76.7 Å². The van der Waals surface area contributed by atoms with Crippen LogP contribution < -0.4 is 0 Å². The smallest absolute Gasteiger partial charge is 0.394 e. The normalized spacial score (nSPS) is 16.3. The molecule has 0 aliphatic heterocycles. The van der Waals surface area contributed by atoms with Gasteiger partial charge in [-0.05, 0) is 71.5 Å². The van der Waals surface area contributed by atoms with Crippen molar-refractivity contribution in [2.24, 2.45) is 0 Å². The number of hydrogen-bond donors (Lipinski definition) is 4. The zero-order valence-electron chi connectivity index (χ0n) is 34.6. The number of hydrogen-bond acceptors (Lipinski definition) is 4. The first-order chi connectivity index (χ1) is 21.0. The third-order valence-electron chi connectivity index (χ3n) is 5.22. The van der Waals surface area contributed by atoms with Crippen LogP contribution in [0.2, 0.25) is 39.3 Å². The minimum atomic E-state index is -1.40. The van der Waals surface area contributed by atoms with Crippen LogP contribution in [0.25, 0.3) is 0 Å². The van der Waals surface area contributed by atoms with Crippen molar-refractivity contribution in [2.45, 2.75) is 210 Å². The third-order valence-corrected chi connectivity index (χ3v) is 7.33. The molecular weight excluding hydrogens is 696 g/mol. The van der Waals surface area contributed by atoms with Crippen molar-refractivity contribution in [3.63, 3.8) is 0 Å². The van der Waals surface area contributed by atoms with Gasteiger partial charge in [-0.25, -0.2) is 12.8 Å². The first-order valence-corrected chi connectivity index (χ1v) is 25.2. The molecule has 0 atom stereocenters. The molecule has 0 spiro atoms. The summed E-state index contributed by atoms with van der Waals surface area (Å²) in [5.74, 6) is 0. The van der Waals surface area contributed by atoms with Crippen molar-refractivity contribution < 1.29 is 63.9 Å². The van der Waals surface area contributed by atoms with E-state index in [1.165, 1.54) is 73.7 Å². The molecule has 4 N–H and O–H groups in total. The molecule has 48 heavy (non-hydrogen) atoms. The van der Waals surface area contributed by atoms with Crippen LogP contribution in [-0.4, -0.2) is 61.0 Å². The van der Waals surface area contributed by atoms with Gasteiger partial charge in [0.1, 0.15) is 0 Å². The monoisotopic (exact) mass is 776 g/mol. The second-order valence-electron chi connectivity index (χ2n) is 15.4. The van der Waals surface area contributed by atoms with Gasteiger partial charge in [-0.3, -0.25) is 0 Å². The molecule has 0 unspecified atom stereocenters. The molecule has 1 saturated carbocycles. The maximum atomic E-state index is 8.06. The Kier molecular flexibility index (Phi) is 47.4. The summed E-state index contributed by atoms with van der Waals surface area (Å²) in [7, 11) is -2.81. The molecule has 0 radical (unpaired) electrons. The first-order valence-electron chi connectivity index (χ1n) is 18.2. The summed E-state index contributed by atoms with van der Waals surface area (Å²) in [5, 5.41) is 32.2. The minimum Gasteiger partial charge on any atom is -0.394 e. The summed E-state index contributed by atoms with van der Waals surface area (Å²) in [6, 6.07) is 0. The Labute approximate surface area is 333 Å². The van der Waals surface area contributed by atoms with Crippen LogP contribution in [-0.2, 0) is 43.4 Å². The molecule has 8 heteroatoms. The molecule has 0 aromatic carbocycles. The molecule has 0 heterocycles. The molecule has 0 bridgehead atoms. The SMILES string of the molecule is CC(C)O.CC(C)O.CC(C)O.CC(C)O.CCCCCC[C-]=C1CC(=[C-][Si](C)(C)C)C(=[C-]CCCCCC)CC1=[C-][Si](C)(C)C.[Ti+2].[Ti+2]. The fraction of sp³-hybridized carbons (Fsp3) is 0.800. The van der Waals surface area contributed by atoms with Gasteiger partial charge in [-0.15, -0.1) is 12.8 Å². The van der Waals surface area contributed by atoms with E-state index in [4.69, 9.17) is 20.4 Å². The Hall–Kier alpha value is 0.662. The Morgan fingerprint density at radius 3 is 0.875 bits per heavy atom. The molecule has 1 fully saturated rings. The quantitative estimate of drug-likeness (QED) is 0.0904. The van der Waals surface area contributed by atoms with Gasteiger partial charge in [0.05, 0.1) is 0 Å². The predicted octanol–water partition coefficient (Wildman–Crippen LogP) is 10.9. The van der Waals surface area contributed by atoms with Crippen LogP contribution >= 0.6 is 0 Å². The molecule has 4 nitrogen and oxygen atoms in total. The van der Waals surface area contributed by atoms with Crippen molar-refractivity contribution in [2.75, 3.05) is 0 Å². The maximum Gasteiger partial charge on any atom is 2.00 e. The van der Waals surface area contributed by atoms with Crippen molar-refractivity contribution in [1.29, 1.82) is 0 Å². The zero-order valence-corrected chi connectivity index (χ0v) is 39.7. The van der Waals surface area contributed by atoms with E-state index in [1.54, 1.807) is 55.4 Å². The maximum absolute atomic E-state index is 8.06. The van der Waals surface area contributed by atoms with E-state index in [0.717, 1.165) is 25.7 Å². The van der Waals surface area contributed by atoms with E-state index >= 15 is 0 Å². The second kappa shape index (κ2) is 37.4. The van der Waals surface area contributed by atoms with Crippen LogP contribution in [0.5, 0.6) is 0 Å². The average molecular weight is 777 g/mol. The number of rotatable bonds is 12. The summed E-state index contributed by atoms with van der Waals surface area (Å²) >= 11 is 0. The summed E-state index contributed by atoms with van der Waals surface area (Å²) < 4.78 is 0. The number of aliphatic hydroxyl groups is 4. The van der Waals surface area contributed by atoms with Gasteiger partial charge in [0.15, 0.2) is 0 Å². The molecule has 1 aliphatic carbocycles. The Morgan fingerprint density at radius 1 is 0.458 bits per heavy atom. The molecule has 1 rings (SSSR count). The molecule has 1 aliphatic rings. The van der Waals surface area contributed by atoms with Crippen molar-refractivity contribution in [3.05, 3.63) is 45.8 Å². The number of unbranched alkanes of at least 4 members (excludes halogenated alkanes) is 8. The van der Waals surface area contributed by atoms with Crippen LogP contribution in [0.1, 0.15) is 146 Å². The third kappa shape index (κ3) is 58.8. The van der Waals surface area contributed by atoms with Gasteiger partial charge in [0, 0.05) is 24.4 Å². The van der Waals surface area contributed by atoms with Crippen LogP contribution in [0, 0.1) is 23.6 Å². The topological polar surface area (TPSA) is 80.9 Å². The van der Waals surface area contributed by atoms with Crippen molar-refractivity contribution in [3.8, 4) is 0 Å². The fourth-order valence-corrected chi connectivity index (χ4v) is 6.13. The second-order valence-corrected chi connectivity index (χ2v) is 24.9. The molecule has 0 aromatic heterocycles. The molecule has 0 aromatic rings. The zero-order chi connectivity index (χ0) is 36.9. The van der Waals surface area contributed by atoms with E-state index < -0.39 is 16.1 Å². The van der Waals surface area contributed by atoms with E-state index in [0.29, 0.717) is 0 Å². The Balaban J connectivity index is -0.000000204. The summed E-state index contributed by atoms with van der Waals surface area (Å²) in [5.41, 5.74) is 13.6. The van der Waals surface area contributed by atoms with E-state index in [-0.39, 0.29) is 67.9 Å². The number of aliphatic hydroxyl groups excluding tert-OH is 4. The standard InChI is InChI=1S/C28H48Si2.4C3H8O.2Ti/c1-9-11-13-15-17-19-25-21-28(24-30(6,7)8)26(20-18-16-14-12-10-2)22-27(25)23-29(3,4)5;4*1-3(2)4;;/h9-18,21-22H2,1-8H3;4*3-4H,1-2H3;;/q-4;;;;;2*+2. The van der Waals surface area contributed by atoms with Crippen LogP contribution in [0.15, 0.2) is 22.3 Å². The minimum absolute atomic E-state index is 0. The van der Waals surface area contributed by atoms with Crippen molar-refractivity contribution >= 4 is 16.1 Å². The summed E-state index contributed by atoms with van der Waals surface area (Å²) in [6.45, 7) is 32.7. The molecule has 0 saturated heterocycles. The van der Waals surface area contributed by atoms with Gasteiger partial charge in [-0.2, -0.15) is 0 Å². The Bertz CT molecular complexity index is 729. The van der Waals surface area contributed by atoms with Gasteiger partial charge < -0.3 is 66.3 Å². The van der Waals surface area contributed by atoms with E-state index in [1.807, 2.05) is 0 Å². The van der Waals surface area contributed by atoms with Gasteiger partial charge >= 0.3 is 43.4 Å². The van der Waals surface area contributed by atoms with Crippen LogP contribution in [0.3, 0.4) is 0 Å².